The maximum atomic E-state index is 12.5. The van der Waals surface area contributed by atoms with E-state index < -0.39 is 17.6 Å². The molecule has 0 unspecified atom stereocenters. The first kappa shape index (κ1) is 15.7. The molecule has 1 heterocycles. The molecule has 2 rings (SSSR count). The topological polar surface area (TPSA) is 55.1 Å². The van der Waals surface area contributed by atoms with Crippen molar-refractivity contribution < 1.29 is 18.0 Å². The molecule has 1 aromatic carbocycles. The van der Waals surface area contributed by atoms with Gasteiger partial charge in [0.25, 0.3) is 5.91 Å². The monoisotopic (exact) mass is 334 g/mol. The molecule has 0 aliphatic carbocycles. The molecule has 1 aromatic heterocycles. The average Bonchev–Trinajstić information content (AvgIpc) is 2.71. The summed E-state index contributed by atoms with van der Waals surface area (Å²) in [6.07, 6.45) is -4.48. The Labute approximate surface area is 127 Å². The summed E-state index contributed by atoms with van der Waals surface area (Å²) in [5.41, 5.74) is 5.38. The van der Waals surface area contributed by atoms with Crippen LogP contribution in [0.5, 0.6) is 0 Å². The van der Waals surface area contributed by atoms with Crippen LogP contribution in [0.1, 0.15) is 20.1 Å². The first-order chi connectivity index (χ1) is 9.68. The van der Waals surface area contributed by atoms with Gasteiger partial charge in [-0.25, -0.2) is 0 Å². The zero-order valence-corrected chi connectivity index (χ0v) is 12.3. The van der Waals surface area contributed by atoms with Crippen molar-refractivity contribution in [2.75, 3.05) is 11.1 Å². The highest BCUT2D eigenvalue weighted by molar-refractivity contribution is 7.14. The second-order valence-corrected chi connectivity index (χ2v) is 5.93. The van der Waals surface area contributed by atoms with Gasteiger partial charge in [-0.05, 0) is 31.2 Å². The Bertz CT molecular complexity index is 678. The molecular weight excluding hydrogens is 325 g/mol. The van der Waals surface area contributed by atoms with Crippen LogP contribution in [0.2, 0.25) is 5.02 Å². The van der Waals surface area contributed by atoms with Gasteiger partial charge in [-0.1, -0.05) is 11.6 Å². The molecule has 3 N–H and O–H groups in total. The van der Waals surface area contributed by atoms with Crippen molar-refractivity contribution >= 4 is 40.2 Å². The van der Waals surface area contributed by atoms with E-state index in [1.54, 1.807) is 6.92 Å². The molecule has 0 saturated heterocycles. The number of aryl methyl sites for hydroxylation is 1. The van der Waals surface area contributed by atoms with Crippen LogP contribution in [-0.2, 0) is 6.18 Å². The molecule has 0 fully saturated rings. The zero-order valence-electron chi connectivity index (χ0n) is 10.7. The molecule has 0 saturated carbocycles. The Morgan fingerprint density at radius 2 is 2.00 bits per heavy atom. The van der Waals surface area contributed by atoms with Gasteiger partial charge >= 0.3 is 6.18 Å². The number of nitrogens with one attached hydrogen (secondary N) is 1. The number of amides is 1. The SMILES string of the molecule is Cc1sc(C(=O)Nc2ccc(C(F)(F)F)cc2Cl)cc1N. The molecule has 21 heavy (non-hydrogen) atoms. The molecule has 2 aromatic rings. The summed E-state index contributed by atoms with van der Waals surface area (Å²) in [6.45, 7) is 1.77. The third-order valence-electron chi connectivity index (χ3n) is 2.72. The summed E-state index contributed by atoms with van der Waals surface area (Å²) in [5.74, 6) is -0.471. The standard InChI is InChI=1S/C13H10ClF3N2OS/c1-6-9(18)5-11(21-6)12(20)19-10-3-2-7(4-8(10)14)13(15,16)17/h2-5H,18H2,1H3,(H,19,20). The van der Waals surface area contributed by atoms with E-state index in [9.17, 15) is 18.0 Å². The summed E-state index contributed by atoms with van der Waals surface area (Å²) in [7, 11) is 0. The Hall–Kier alpha value is -1.73. The van der Waals surface area contributed by atoms with Crippen LogP contribution in [0.4, 0.5) is 24.5 Å². The van der Waals surface area contributed by atoms with Crippen LogP contribution >= 0.6 is 22.9 Å². The van der Waals surface area contributed by atoms with E-state index >= 15 is 0 Å². The lowest BCUT2D eigenvalue weighted by molar-refractivity contribution is -0.137. The van der Waals surface area contributed by atoms with E-state index in [0.29, 0.717) is 10.6 Å². The number of carbonyl (C=O) groups excluding carboxylic acids is 1. The van der Waals surface area contributed by atoms with Crippen LogP contribution < -0.4 is 11.1 Å². The second-order valence-electron chi connectivity index (χ2n) is 4.27. The predicted molar refractivity (Wildman–Crippen MR) is 77.9 cm³/mol. The molecule has 0 aliphatic heterocycles. The zero-order chi connectivity index (χ0) is 15.8. The Balaban J connectivity index is 2.22. The number of hydrogen-bond acceptors (Lipinski definition) is 3. The molecule has 0 radical (unpaired) electrons. The largest absolute Gasteiger partial charge is 0.416 e. The molecule has 1 amide bonds. The average molecular weight is 335 g/mol. The van der Waals surface area contributed by atoms with Crippen molar-refractivity contribution in [3.8, 4) is 0 Å². The summed E-state index contributed by atoms with van der Waals surface area (Å²) in [6, 6.07) is 4.25. The Kier molecular flexibility index (Phi) is 4.15. The quantitative estimate of drug-likeness (QED) is 0.845. The molecule has 0 bridgehead atoms. The Morgan fingerprint density at radius 1 is 1.33 bits per heavy atom. The minimum atomic E-state index is -4.48. The van der Waals surface area contributed by atoms with E-state index in [-0.39, 0.29) is 10.7 Å². The van der Waals surface area contributed by atoms with Gasteiger partial charge in [-0.2, -0.15) is 13.2 Å². The summed E-state index contributed by atoms with van der Waals surface area (Å²) in [4.78, 5) is 13.1. The second kappa shape index (κ2) is 5.57. The fourth-order valence-corrected chi connectivity index (χ4v) is 2.65. The molecular formula is C13H10ClF3N2OS. The number of nitrogen functional groups attached to an aromatic ring is 1. The fraction of sp³-hybridized carbons (Fsp3) is 0.154. The highest BCUT2D eigenvalue weighted by Crippen LogP contribution is 2.34. The number of alkyl halides is 3. The number of anilines is 2. The number of rotatable bonds is 2. The molecule has 0 aliphatic rings. The van der Waals surface area contributed by atoms with E-state index in [4.69, 9.17) is 17.3 Å². The van der Waals surface area contributed by atoms with E-state index in [1.807, 2.05) is 0 Å². The Morgan fingerprint density at radius 3 is 2.48 bits per heavy atom. The molecule has 112 valence electrons. The third kappa shape index (κ3) is 3.48. The number of benzene rings is 1. The van der Waals surface area contributed by atoms with Crippen molar-refractivity contribution in [2.45, 2.75) is 13.1 Å². The summed E-state index contributed by atoms with van der Waals surface area (Å²) in [5, 5.41) is 2.28. The normalized spacial score (nSPS) is 11.5. The fourth-order valence-electron chi connectivity index (χ4n) is 1.58. The van der Waals surface area contributed by atoms with Crippen molar-refractivity contribution in [3.05, 3.63) is 44.6 Å². The number of nitrogens with two attached hydrogens (primary N) is 1. The van der Waals surface area contributed by atoms with Crippen molar-refractivity contribution in [1.29, 1.82) is 0 Å². The summed E-state index contributed by atoms with van der Waals surface area (Å²) >= 11 is 6.96. The lowest BCUT2D eigenvalue weighted by atomic mass is 10.2. The maximum absolute atomic E-state index is 12.5. The van der Waals surface area contributed by atoms with E-state index in [1.165, 1.54) is 17.4 Å². The van der Waals surface area contributed by atoms with E-state index in [2.05, 4.69) is 5.32 Å². The van der Waals surface area contributed by atoms with Gasteiger partial charge < -0.3 is 11.1 Å². The predicted octanol–water partition coefficient (Wildman–Crippen LogP) is 4.56. The minimum Gasteiger partial charge on any atom is -0.398 e. The van der Waals surface area contributed by atoms with Gasteiger partial charge in [0.05, 0.1) is 21.2 Å². The highest BCUT2D eigenvalue weighted by atomic mass is 35.5. The van der Waals surface area contributed by atoms with Gasteiger partial charge in [-0.15, -0.1) is 11.3 Å². The third-order valence-corrected chi connectivity index (χ3v) is 4.10. The van der Waals surface area contributed by atoms with Gasteiger partial charge in [0.15, 0.2) is 0 Å². The minimum absolute atomic E-state index is 0.110. The number of hydrogen-bond donors (Lipinski definition) is 2. The van der Waals surface area contributed by atoms with E-state index in [0.717, 1.165) is 23.1 Å². The maximum Gasteiger partial charge on any atom is 0.416 e. The molecule has 3 nitrogen and oxygen atoms in total. The van der Waals surface area contributed by atoms with Gasteiger partial charge in [0.2, 0.25) is 0 Å². The van der Waals surface area contributed by atoms with Gasteiger partial charge in [-0.3, -0.25) is 4.79 Å². The van der Waals surface area contributed by atoms with Crippen molar-refractivity contribution in [2.24, 2.45) is 0 Å². The van der Waals surface area contributed by atoms with Crippen LogP contribution in [-0.4, -0.2) is 5.91 Å². The van der Waals surface area contributed by atoms with Crippen LogP contribution in [0.15, 0.2) is 24.3 Å². The summed E-state index contributed by atoms with van der Waals surface area (Å²) < 4.78 is 37.5. The highest BCUT2D eigenvalue weighted by Gasteiger charge is 2.31. The number of halogens is 4. The number of carbonyl (C=O) groups is 1. The lowest BCUT2D eigenvalue weighted by Gasteiger charge is -2.10. The molecule has 8 heteroatoms. The van der Waals surface area contributed by atoms with Crippen LogP contribution in [0, 0.1) is 6.92 Å². The van der Waals surface area contributed by atoms with Gasteiger partial charge in [0, 0.05) is 10.6 Å². The first-order valence-corrected chi connectivity index (χ1v) is 6.92. The lowest BCUT2D eigenvalue weighted by Crippen LogP contribution is -2.11. The molecule has 0 atom stereocenters. The van der Waals surface area contributed by atoms with Crippen molar-refractivity contribution in [1.82, 2.24) is 0 Å². The van der Waals surface area contributed by atoms with Crippen LogP contribution in [0.25, 0.3) is 0 Å². The smallest absolute Gasteiger partial charge is 0.398 e. The first-order valence-electron chi connectivity index (χ1n) is 5.72. The molecule has 0 spiro atoms. The number of thiophene rings is 1. The van der Waals surface area contributed by atoms with Crippen LogP contribution in [0.3, 0.4) is 0 Å². The van der Waals surface area contributed by atoms with Crippen molar-refractivity contribution in [3.63, 3.8) is 0 Å². The van der Waals surface area contributed by atoms with Gasteiger partial charge in [0.1, 0.15) is 0 Å².